The third-order valence-corrected chi connectivity index (χ3v) is 1.37. The Bertz CT molecular complexity index is 107. The van der Waals surface area contributed by atoms with Gasteiger partial charge in [0.25, 0.3) is 0 Å². The zero-order valence-corrected chi connectivity index (χ0v) is 6.30. The standard InChI is InChI=1S/C4H9NO4S/c1-4(6)10-3-2-9-5(7)8/h7-8H,2-3H2,1H3. The molecule has 0 spiro atoms. The van der Waals surface area contributed by atoms with Crippen molar-refractivity contribution in [3.63, 3.8) is 0 Å². The smallest absolute Gasteiger partial charge is 0.185 e. The van der Waals surface area contributed by atoms with Crippen LogP contribution in [-0.4, -0.2) is 33.3 Å². The van der Waals surface area contributed by atoms with E-state index >= 15 is 0 Å². The molecule has 0 aromatic carbocycles. The highest BCUT2D eigenvalue weighted by Gasteiger charge is 1.96. The number of nitrogens with zero attached hydrogens (tertiary/aromatic N) is 1. The molecule has 0 unspecified atom stereocenters. The molecule has 0 aliphatic heterocycles. The molecule has 2 N–H and O–H groups in total. The van der Waals surface area contributed by atoms with Crippen LogP contribution in [0.15, 0.2) is 0 Å². The SMILES string of the molecule is CC(=O)SCCON(O)O. The van der Waals surface area contributed by atoms with Gasteiger partial charge in [0.1, 0.15) is 0 Å². The molecule has 0 amide bonds. The topological polar surface area (TPSA) is 70.0 Å². The maximum atomic E-state index is 10.3. The summed E-state index contributed by atoms with van der Waals surface area (Å²) in [6.45, 7) is 1.53. The third-order valence-electron chi connectivity index (χ3n) is 0.595. The lowest BCUT2D eigenvalue weighted by atomic mass is 10.9. The van der Waals surface area contributed by atoms with Gasteiger partial charge < -0.3 is 0 Å². The molecule has 0 saturated heterocycles. The van der Waals surface area contributed by atoms with Crippen LogP contribution in [0.5, 0.6) is 0 Å². The summed E-state index contributed by atoms with van der Waals surface area (Å²) in [5, 5.41) is 15.6. The first kappa shape index (κ1) is 9.86. The van der Waals surface area contributed by atoms with Crippen LogP contribution in [0.4, 0.5) is 0 Å². The quantitative estimate of drug-likeness (QED) is 0.463. The van der Waals surface area contributed by atoms with Crippen LogP contribution in [0.25, 0.3) is 0 Å². The van der Waals surface area contributed by atoms with Gasteiger partial charge in [0.2, 0.25) is 0 Å². The lowest BCUT2D eigenvalue weighted by Gasteiger charge is -2.03. The van der Waals surface area contributed by atoms with Crippen molar-refractivity contribution >= 4 is 16.9 Å². The average molecular weight is 167 g/mol. The molecule has 0 fully saturated rings. The second-order valence-corrected chi connectivity index (χ2v) is 2.70. The molecule has 10 heavy (non-hydrogen) atoms. The highest BCUT2D eigenvalue weighted by molar-refractivity contribution is 8.13. The molecule has 0 aromatic rings. The average Bonchev–Trinajstić information content (AvgIpc) is 1.79. The highest BCUT2D eigenvalue weighted by Crippen LogP contribution is 1.99. The Morgan fingerprint density at radius 3 is 2.70 bits per heavy atom. The fourth-order valence-electron chi connectivity index (χ4n) is 0.304. The molecule has 0 saturated carbocycles. The summed E-state index contributed by atoms with van der Waals surface area (Å²) in [7, 11) is 0. The predicted molar refractivity (Wildman–Crippen MR) is 34.5 cm³/mol. The molecule has 6 heteroatoms. The summed E-state index contributed by atoms with van der Waals surface area (Å²) >= 11 is 1.06. The summed E-state index contributed by atoms with van der Waals surface area (Å²) in [6.07, 6.45) is 0. The second-order valence-electron chi connectivity index (χ2n) is 1.43. The van der Waals surface area contributed by atoms with Crippen molar-refractivity contribution in [3.8, 4) is 0 Å². The molecule has 0 atom stereocenters. The summed E-state index contributed by atoms with van der Waals surface area (Å²) < 4.78 is 0. The molecule has 0 aliphatic rings. The van der Waals surface area contributed by atoms with E-state index in [1.165, 1.54) is 6.92 Å². The van der Waals surface area contributed by atoms with E-state index in [4.69, 9.17) is 10.4 Å². The Morgan fingerprint density at radius 1 is 1.70 bits per heavy atom. The van der Waals surface area contributed by atoms with Gasteiger partial charge in [0, 0.05) is 12.7 Å². The summed E-state index contributed by atoms with van der Waals surface area (Å²) in [4.78, 5) is 14.4. The van der Waals surface area contributed by atoms with E-state index in [-0.39, 0.29) is 17.1 Å². The fourth-order valence-corrected chi connectivity index (χ4v) is 0.750. The van der Waals surface area contributed by atoms with Crippen molar-refractivity contribution < 1.29 is 20.0 Å². The van der Waals surface area contributed by atoms with Crippen LogP contribution in [0.2, 0.25) is 0 Å². The van der Waals surface area contributed by atoms with Crippen LogP contribution >= 0.6 is 11.8 Å². The Hall–Kier alpha value is -0.140. The van der Waals surface area contributed by atoms with Gasteiger partial charge in [-0.2, -0.15) is 0 Å². The van der Waals surface area contributed by atoms with E-state index in [1.54, 1.807) is 0 Å². The Kier molecular flexibility index (Phi) is 5.55. The van der Waals surface area contributed by atoms with Crippen LogP contribution in [-0.2, 0) is 9.63 Å². The summed E-state index contributed by atoms with van der Waals surface area (Å²) in [5.41, 5.74) is 0. The molecule has 0 aliphatic carbocycles. The number of carbonyl (C=O) groups is 1. The summed E-state index contributed by atoms with van der Waals surface area (Å²) in [5.74, 6) is 0.410. The first-order valence-corrected chi connectivity index (χ1v) is 3.55. The van der Waals surface area contributed by atoms with Gasteiger partial charge >= 0.3 is 0 Å². The largest absolute Gasteiger partial charge is 0.288 e. The van der Waals surface area contributed by atoms with Crippen LogP contribution in [0.1, 0.15) is 6.92 Å². The van der Waals surface area contributed by atoms with Gasteiger partial charge in [-0.15, -0.1) is 0 Å². The Morgan fingerprint density at radius 2 is 2.30 bits per heavy atom. The number of carbonyl (C=O) groups excluding carboxylic acids is 1. The third kappa shape index (κ3) is 7.86. The predicted octanol–water partition coefficient (Wildman–Crippen LogP) is 0.278. The highest BCUT2D eigenvalue weighted by atomic mass is 32.2. The van der Waals surface area contributed by atoms with Crippen LogP contribution < -0.4 is 0 Å². The van der Waals surface area contributed by atoms with Gasteiger partial charge in [-0.1, -0.05) is 11.8 Å². The molecule has 0 radical (unpaired) electrons. The number of thioether (sulfide) groups is 1. The lowest BCUT2D eigenvalue weighted by molar-refractivity contribution is -0.490. The normalized spacial score (nSPS) is 10.4. The molecule has 0 bridgehead atoms. The number of hydrogen-bond donors (Lipinski definition) is 2. The minimum atomic E-state index is -0.374. The van der Waals surface area contributed by atoms with Gasteiger partial charge in [-0.05, 0) is 0 Å². The van der Waals surface area contributed by atoms with Gasteiger partial charge in [0.15, 0.2) is 5.12 Å². The molecule has 0 aromatic heterocycles. The maximum Gasteiger partial charge on any atom is 0.185 e. The first-order valence-electron chi connectivity index (χ1n) is 2.57. The fraction of sp³-hybridized carbons (Fsp3) is 0.750. The van der Waals surface area contributed by atoms with Crippen LogP contribution in [0, 0.1) is 0 Å². The van der Waals surface area contributed by atoms with Crippen molar-refractivity contribution in [3.05, 3.63) is 0 Å². The van der Waals surface area contributed by atoms with E-state index in [0.29, 0.717) is 5.75 Å². The van der Waals surface area contributed by atoms with E-state index < -0.39 is 0 Å². The second kappa shape index (κ2) is 5.63. The van der Waals surface area contributed by atoms with E-state index in [9.17, 15) is 4.79 Å². The lowest BCUT2D eigenvalue weighted by Crippen LogP contribution is -2.16. The maximum absolute atomic E-state index is 10.3. The monoisotopic (exact) mass is 167 g/mol. The van der Waals surface area contributed by atoms with Crippen molar-refractivity contribution in [2.24, 2.45) is 0 Å². The van der Waals surface area contributed by atoms with Crippen LogP contribution in [0.3, 0.4) is 0 Å². The molecular formula is C4H9NO4S. The zero-order chi connectivity index (χ0) is 7.98. The number of rotatable bonds is 4. The van der Waals surface area contributed by atoms with Crippen molar-refractivity contribution in [2.45, 2.75) is 6.92 Å². The van der Waals surface area contributed by atoms with Gasteiger partial charge in [-0.25, -0.2) is 4.84 Å². The molecule has 5 nitrogen and oxygen atoms in total. The molecule has 0 heterocycles. The van der Waals surface area contributed by atoms with Gasteiger partial charge in [0.05, 0.1) is 12.0 Å². The van der Waals surface area contributed by atoms with Crippen molar-refractivity contribution in [2.75, 3.05) is 12.4 Å². The van der Waals surface area contributed by atoms with Gasteiger partial charge in [-0.3, -0.25) is 15.2 Å². The molecule has 0 rings (SSSR count). The minimum Gasteiger partial charge on any atom is -0.288 e. The van der Waals surface area contributed by atoms with E-state index in [1.807, 2.05) is 0 Å². The first-order chi connectivity index (χ1) is 4.63. The van der Waals surface area contributed by atoms with E-state index in [0.717, 1.165) is 11.8 Å². The Labute approximate surface area is 62.4 Å². The summed E-state index contributed by atoms with van der Waals surface area (Å²) in [6, 6.07) is 0. The number of hydrogen-bond acceptors (Lipinski definition) is 6. The van der Waals surface area contributed by atoms with E-state index in [2.05, 4.69) is 4.84 Å². The Balaban J connectivity index is 2.98. The van der Waals surface area contributed by atoms with Crippen molar-refractivity contribution in [1.29, 1.82) is 0 Å². The van der Waals surface area contributed by atoms with Crippen molar-refractivity contribution in [1.82, 2.24) is 5.39 Å². The zero-order valence-electron chi connectivity index (χ0n) is 5.48. The molecule has 60 valence electrons. The molecular weight excluding hydrogens is 158 g/mol. The minimum absolute atomic E-state index is 0.0222.